The normalized spacial score (nSPS) is 32.1. The van der Waals surface area contributed by atoms with Crippen molar-refractivity contribution in [2.24, 2.45) is 93.9 Å². The van der Waals surface area contributed by atoms with E-state index in [4.69, 9.17) is 76.6 Å². The minimum Gasteiger partial charge on any atom is -0.462 e. The molecule has 0 saturated carbocycles. The molecule has 148 heavy (non-hydrogen) atoms. The molecule has 16 rings (SSSR count). The van der Waals surface area contributed by atoms with Gasteiger partial charge in [0.05, 0.1) is 145 Å². The monoisotopic (exact) mass is 2080 g/mol. The van der Waals surface area contributed by atoms with Gasteiger partial charge in [-0.3, -0.25) is 9.59 Å². The van der Waals surface area contributed by atoms with E-state index in [-0.39, 0.29) is 137 Å². The number of hydrogen-bond donors (Lipinski definition) is 0. The fourth-order valence-electron chi connectivity index (χ4n) is 20.0. The van der Waals surface area contributed by atoms with Gasteiger partial charge in [0, 0.05) is 57.1 Å². The molecule has 9 aromatic carbocycles. The molecule has 0 N–H and O–H groups in total. The number of esters is 2. The molecule has 0 radical (unpaired) electrons. The Balaban J connectivity index is 0.000000178. The summed E-state index contributed by atoms with van der Waals surface area (Å²) in [6.45, 7) is 57.3. The zero-order valence-corrected chi connectivity index (χ0v) is 94.8. The Kier molecular flexibility index (Phi) is 52.6. The van der Waals surface area contributed by atoms with Crippen LogP contribution in [-0.4, -0.2) is 152 Å². The Bertz CT molecular complexity index is 5090. The van der Waals surface area contributed by atoms with E-state index in [1.807, 2.05) is 190 Å². The van der Waals surface area contributed by atoms with Crippen molar-refractivity contribution in [2.75, 3.05) is 26.4 Å². The van der Waals surface area contributed by atoms with Gasteiger partial charge in [-0.1, -0.05) is 381 Å². The van der Waals surface area contributed by atoms with Crippen molar-refractivity contribution in [1.82, 2.24) is 0 Å². The second-order valence-corrected chi connectivity index (χ2v) is 45.7. The number of azide groups is 1. The van der Waals surface area contributed by atoms with E-state index in [0.29, 0.717) is 138 Å². The SMILES string of the molecule is CC(=O)OC1[C@@H](Sc2ccccc2)OC(C)[C@H](C)[C@@H]1C.CC(=O)O[C@@H]1C(C)[C@@H](Sc2ccccc2)OC(C)[C@@H]1C.CC1O[C@H](Sc2ccccc2)C(OCc2ccccc2)[C@@H](OCc2ccccc2)[C@@H]1C.CC1[C@H](C)OC(COCc2ccccc2)[C@@H](C)[C@@H]1C.CC1[C@H](C)OC(COCc2ccccc2)[C@H](C)[C@@H]1C.C[C@@H]1C[C@H](C)OC(COCc2ccccc2)[C@H]1C.C[C@@H]1OC(COCc2ccccc2)[C@@H](C)[C@H](C)C1N=[N+]=[N-]. The molecule has 7 heterocycles. The highest BCUT2D eigenvalue weighted by Crippen LogP contribution is 2.45. The Morgan fingerprint density at radius 1 is 0.277 bits per heavy atom. The molecule has 0 aliphatic carbocycles. The fourth-order valence-corrected chi connectivity index (χ4v) is 23.6. The summed E-state index contributed by atoms with van der Waals surface area (Å²) in [7, 11) is 0. The van der Waals surface area contributed by atoms with Crippen LogP contribution in [0.2, 0.25) is 0 Å². The Labute approximate surface area is 899 Å². The summed E-state index contributed by atoms with van der Waals surface area (Å²) in [6, 6.07) is 92.2. The summed E-state index contributed by atoms with van der Waals surface area (Å²) in [5, 5.41) is 3.87. The molecule has 808 valence electrons. The highest BCUT2D eigenvalue weighted by atomic mass is 32.2. The molecule has 0 bridgehead atoms. The van der Waals surface area contributed by atoms with E-state index >= 15 is 0 Å². The summed E-state index contributed by atoms with van der Waals surface area (Å²) in [4.78, 5) is 29.1. The van der Waals surface area contributed by atoms with Gasteiger partial charge < -0.3 is 71.1 Å². The number of nitrogens with zero attached hydrogens (tertiary/aromatic N) is 3. The number of hydrogen-bond acceptors (Lipinski definition) is 21. The molecule has 7 fully saturated rings. The number of thioether (sulfide) groups is 3. The lowest BCUT2D eigenvalue weighted by molar-refractivity contribution is -0.204. The number of ether oxygens (including phenoxy) is 15. The van der Waals surface area contributed by atoms with Crippen LogP contribution in [-0.2, 0) is 120 Å². The molecular formula is C125H173N3O17S3. The molecule has 0 amide bonds. The minimum atomic E-state index is -0.245. The second-order valence-electron chi connectivity index (χ2n) is 42.2. The molecule has 7 aliphatic heterocycles. The molecule has 7 aliphatic rings. The van der Waals surface area contributed by atoms with Crippen molar-refractivity contribution in [3.05, 3.63) is 317 Å². The molecule has 34 atom stereocenters. The maximum Gasteiger partial charge on any atom is 0.303 e. The van der Waals surface area contributed by atoms with Crippen molar-refractivity contribution < 1.29 is 80.6 Å². The third-order valence-corrected chi connectivity index (χ3v) is 35.2. The van der Waals surface area contributed by atoms with E-state index < -0.39 is 0 Å². The van der Waals surface area contributed by atoms with Crippen LogP contribution in [0, 0.1) is 88.8 Å². The number of carbonyl (C=O) groups is 2. The average molecular weight is 2090 g/mol. The Morgan fingerprint density at radius 2 is 0.547 bits per heavy atom. The van der Waals surface area contributed by atoms with E-state index in [9.17, 15) is 9.59 Å². The fraction of sp³-hybridized carbons (Fsp3) is 0.552. The average Bonchev–Trinajstić information content (AvgIpc) is 0.797. The first kappa shape index (κ1) is 122. The van der Waals surface area contributed by atoms with Gasteiger partial charge in [-0.05, 0) is 195 Å². The molecular weight excluding hydrogens is 1910 g/mol. The van der Waals surface area contributed by atoms with Crippen LogP contribution in [0.25, 0.3) is 10.4 Å². The second kappa shape index (κ2) is 64.1. The van der Waals surface area contributed by atoms with Gasteiger partial charge in [0.25, 0.3) is 0 Å². The van der Waals surface area contributed by atoms with Crippen LogP contribution in [0.15, 0.2) is 293 Å². The van der Waals surface area contributed by atoms with Gasteiger partial charge in [-0.25, -0.2) is 0 Å². The highest BCUT2D eigenvalue weighted by molar-refractivity contribution is 8.00. The molecule has 0 aromatic heterocycles. The molecule has 0 spiro atoms. The molecule has 7 saturated heterocycles. The van der Waals surface area contributed by atoms with Gasteiger partial charge in [0.2, 0.25) is 0 Å². The summed E-state index contributed by atoms with van der Waals surface area (Å²) in [5.41, 5.74) is 15.5. The number of benzene rings is 9. The van der Waals surface area contributed by atoms with Crippen molar-refractivity contribution >= 4 is 47.2 Å². The largest absolute Gasteiger partial charge is 0.462 e. The molecule has 13 unspecified atom stereocenters. The lowest BCUT2D eigenvalue weighted by Gasteiger charge is -2.44. The van der Waals surface area contributed by atoms with Crippen molar-refractivity contribution in [1.29, 1.82) is 0 Å². The Morgan fingerprint density at radius 3 is 0.899 bits per heavy atom. The first-order valence-electron chi connectivity index (χ1n) is 54.1. The topological polar surface area (TPSA) is 221 Å². The first-order valence-corrected chi connectivity index (χ1v) is 56.7. The van der Waals surface area contributed by atoms with Crippen LogP contribution in [0.1, 0.15) is 206 Å². The van der Waals surface area contributed by atoms with E-state index in [0.717, 1.165) is 28.4 Å². The summed E-state index contributed by atoms with van der Waals surface area (Å²) in [5.74, 6) is 6.41. The van der Waals surface area contributed by atoms with E-state index in [1.54, 1.807) is 35.3 Å². The lowest BCUT2D eigenvalue weighted by Crippen LogP contribution is -2.53. The van der Waals surface area contributed by atoms with Crippen molar-refractivity contribution in [3.63, 3.8) is 0 Å². The van der Waals surface area contributed by atoms with Crippen molar-refractivity contribution in [3.8, 4) is 0 Å². The third kappa shape index (κ3) is 39.1. The molecule has 9 aromatic rings. The Hall–Kier alpha value is -8.24. The van der Waals surface area contributed by atoms with Crippen molar-refractivity contribution in [2.45, 2.75) is 341 Å². The van der Waals surface area contributed by atoms with Gasteiger partial charge in [-0.2, -0.15) is 0 Å². The van der Waals surface area contributed by atoms with Crippen LogP contribution in [0.5, 0.6) is 0 Å². The molecule has 23 heteroatoms. The summed E-state index contributed by atoms with van der Waals surface area (Å²) < 4.78 is 90.1. The summed E-state index contributed by atoms with van der Waals surface area (Å²) >= 11 is 5.03. The first-order chi connectivity index (χ1) is 71.2. The standard InChI is InChI=1S/C27H30O3S.2C17H26O2.C16H23N3O2.2C16H22O3S.C16H24O2/c1-20-21(2)30-27(31-24-16-10-5-11-17-24)26(29-19-23-14-8-4-9-15-23)25(20)28-18-22-12-6-3-7-13-22;2*1-12-13(2)15(4)19-17(14(12)3)11-18-10-16-8-6-5-7-9-16;1-11-12(2)16(18-19-17)13(3)21-15(11)10-20-9-14-7-5-4-6-8-14;1-10-12(3)18-16(11(2)15(10)19-13(4)17)20-14-8-6-5-7-9-14;1-10-11(2)15(19-13(4)17)16(18-12(10)3)20-14-8-6-5-7-9-14;1-12-9-13(2)18-16(14(12)3)11-17-10-15-7-5-4-6-8-15/h3-17,20-21,25-27H,18-19H2,1-2H3;2*5-9,12-15,17H,10-11H2,1-4H3;4-8,11-13,15-16H,9-10H2,1-3H3;2*5-12,15-16H,1-4H3;4-8,12-14,16H,9-11H2,1-3H3/t20-,21?,25+,26?,27-;12-,13?,14+,15+,17?;12-,13?,14-,15+,17?;11-,12-,13-,15?,16?;10-,11?,12?,15-,16+;10-,11+,12?,15?,16-;12-,13+,14+,16?/m1110011/s1. The summed E-state index contributed by atoms with van der Waals surface area (Å²) in [6.07, 6.45) is 2.65. The van der Waals surface area contributed by atoms with Gasteiger partial charge in [0.1, 0.15) is 34.6 Å². The maximum atomic E-state index is 11.4. The predicted molar refractivity (Wildman–Crippen MR) is 598 cm³/mol. The third-order valence-electron chi connectivity index (χ3n) is 31.5. The van der Waals surface area contributed by atoms with E-state index in [2.05, 4.69) is 246 Å². The highest BCUT2D eigenvalue weighted by Gasteiger charge is 2.48. The van der Waals surface area contributed by atoms with Gasteiger partial charge in [0.15, 0.2) is 0 Å². The maximum absolute atomic E-state index is 11.4. The quantitative estimate of drug-likeness (QED) is 0.0170. The van der Waals surface area contributed by atoms with Gasteiger partial charge >= 0.3 is 11.9 Å². The lowest BCUT2D eigenvalue weighted by atomic mass is 9.77. The van der Waals surface area contributed by atoms with Gasteiger partial charge in [-0.15, -0.1) is 0 Å². The van der Waals surface area contributed by atoms with Crippen LogP contribution >= 0.6 is 35.3 Å². The molecule has 20 nitrogen and oxygen atoms in total. The smallest absolute Gasteiger partial charge is 0.303 e. The zero-order chi connectivity index (χ0) is 107. The van der Waals surface area contributed by atoms with E-state index in [1.165, 1.54) is 45.9 Å². The number of rotatable bonds is 31. The minimum absolute atomic E-state index is 0.00736. The number of carbonyl (C=O) groups excluding carboxylic acids is 2. The van der Waals surface area contributed by atoms with Crippen LogP contribution < -0.4 is 0 Å². The predicted octanol–water partition coefficient (Wildman–Crippen LogP) is 29.2. The van der Waals surface area contributed by atoms with Crippen LogP contribution in [0.3, 0.4) is 0 Å². The van der Waals surface area contributed by atoms with Crippen LogP contribution in [0.4, 0.5) is 0 Å². The zero-order valence-electron chi connectivity index (χ0n) is 92.4.